The van der Waals surface area contributed by atoms with Crippen LogP contribution in [-0.2, 0) is 13.1 Å². The summed E-state index contributed by atoms with van der Waals surface area (Å²) in [6.45, 7) is 1.29. The number of hydrogen-bond donors (Lipinski definition) is 2. The molecule has 2 N–H and O–H groups in total. The number of fused-ring (bicyclic) bond motifs is 1. The number of benzene rings is 2. The molecule has 5 nitrogen and oxygen atoms in total. The highest BCUT2D eigenvalue weighted by Gasteiger charge is 2.07. The van der Waals surface area contributed by atoms with Crippen LogP contribution in [0.25, 0.3) is 10.9 Å². The summed E-state index contributed by atoms with van der Waals surface area (Å²) in [6.07, 6.45) is 1.78. The summed E-state index contributed by atoms with van der Waals surface area (Å²) in [5, 5.41) is 7.71. The molecule has 0 aliphatic carbocycles. The first-order chi connectivity index (χ1) is 12.9. The van der Waals surface area contributed by atoms with E-state index in [1.54, 1.807) is 6.20 Å². The zero-order chi connectivity index (χ0) is 17.6. The minimum Gasteiger partial charge on any atom is -0.365 e. The fourth-order valence-corrected chi connectivity index (χ4v) is 2.74. The quantitative estimate of drug-likeness (QED) is 0.511. The lowest BCUT2D eigenvalue weighted by Gasteiger charge is -2.12. The van der Waals surface area contributed by atoms with Crippen molar-refractivity contribution in [1.82, 2.24) is 15.0 Å². The highest BCUT2D eigenvalue weighted by Crippen LogP contribution is 2.22. The Bertz CT molecular complexity index is 993. The Kier molecular flexibility index (Phi) is 6.18. The number of hydrogen-bond acceptors (Lipinski definition) is 5. The van der Waals surface area contributed by atoms with Crippen LogP contribution in [0.3, 0.4) is 0 Å². The van der Waals surface area contributed by atoms with E-state index in [9.17, 15) is 0 Å². The van der Waals surface area contributed by atoms with Crippen molar-refractivity contribution in [2.75, 3.05) is 10.6 Å². The Morgan fingerprint density at radius 1 is 0.704 bits per heavy atom. The van der Waals surface area contributed by atoms with E-state index >= 15 is 0 Å². The first-order valence-electron chi connectivity index (χ1n) is 8.57. The summed E-state index contributed by atoms with van der Waals surface area (Å²) in [4.78, 5) is 13.6. The van der Waals surface area contributed by atoms with Crippen LogP contribution >= 0.6 is 12.4 Å². The van der Waals surface area contributed by atoms with Crippen LogP contribution < -0.4 is 10.6 Å². The Hall–Kier alpha value is -3.18. The van der Waals surface area contributed by atoms with E-state index < -0.39 is 0 Å². The van der Waals surface area contributed by atoms with Gasteiger partial charge in [-0.05, 0) is 29.8 Å². The average Bonchev–Trinajstić information content (AvgIpc) is 2.72. The third-order valence-electron chi connectivity index (χ3n) is 4.06. The van der Waals surface area contributed by atoms with Gasteiger partial charge in [0, 0.05) is 18.1 Å². The van der Waals surface area contributed by atoms with Crippen LogP contribution in [0.4, 0.5) is 11.8 Å². The molecule has 0 bridgehead atoms. The van der Waals surface area contributed by atoms with Crippen molar-refractivity contribution in [3.63, 3.8) is 0 Å². The van der Waals surface area contributed by atoms with Crippen molar-refractivity contribution in [3.05, 3.63) is 90.3 Å². The van der Waals surface area contributed by atoms with Gasteiger partial charge in [-0.15, -0.1) is 12.4 Å². The van der Waals surface area contributed by atoms with Crippen molar-refractivity contribution in [2.24, 2.45) is 0 Å². The average molecular weight is 378 g/mol. The maximum atomic E-state index is 4.67. The van der Waals surface area contributed by atoms with Gasteiger partial charge in [0.25, 0.3) is 0 Å². The molecular weight excluding hydrogens is 358 g/mol. The van der Waals surface area contributed by atoms with Gasteiger partial charge in [0.2, 0.25) is 5.95 Å². The third-order valence-corrected chi connectivity index (χ3v) is 4.06. The standard InChI is InChI=1S/C21H19N5.ClH/c1-2-8-16(9-3-1)14-23-20-18-11-4-5-12-19(18)25-21(26-20)24-15-17-10-6-7-13-22-17;/h1-13H,14-15H2,(H2,23,24,25,26);1H. The monoisotopic (exact) mass is 377 g/mol. The zero-order valence-electron chi connectivity index (χ0n) is 14.7. The Balaban J connectivity index is 0.00000210. The van der Waals surface area contributed by atoms with Gasteiger partial charge < -0.3 is 10.6 Å². The van der Waals surface area contributed by atoms with Crippen LogP contribution in [0.2, 0.25) is 0 Å². The summed E-state index contributed by atoms with van der Waals surface area (Å²) in [5.41, 5.74) is 3.06. The molecule has 2 heterocycles. The van der Waals surface area contributed by atoms with Gasteiger partial charge in [0.15, 0.2) is 0 Å². The normalized spacial score (nSPS) is 10.2. The number of para-hydroxylation sites is 1. The van der Waals surface area contributed by atoms with E-state index in [0.29, 0.717) is 19.0 Å². The molecule has 2 aromatic carbocycles. The molecule has 2 aromatic heterocycles. The summed E-state index contributed by atoms with van der Waals surface area (Å²) in [6, 6.07) is 24.1. The van der Waals surface area contributed by atoms with Gasteiger partial charge in [0.05, 0.1) is 17.8 Å². The Morgan fingerprint density at radius 2 is 1.48 bits per heavy atom. The molecule has 136 valence electrons. The van der Waals surface area contributed by atoms with Crippen molar-refractivity contribution in [1.29, 1.82) is 0 Å². The van der Waals surface area contributed by atoms with Crippen LogP contribution in [0.5, 0.6) is 0 Å². The lowest BCUT2D eigenvalue weighted by atomic mass is 10.2. The van der Waals surface area contributed by atoms with E-state index in [-0.39, 0.29) is 12.4 Å². The predicted molar refractivity (Wildman–Crippen MR) is 112 cm³/mol. The van der Waals surface area contributed by atoms with E-state index in [2.05, 4.69) is 37.7 Å². The van der Waals surface area contributed by atoms with Gasteiger partial charge in [-0.25, -0.2) is 4.98 Å². The first-order valence-corrected chi connectivity index (χ1v) is 8.57. The number of pyridine rings is 1. The molecule has 27 heavy (non-hydrogen) atoms. The van der Waals surface area contributed by atoms with Crippen LogP contribution in [0, 0.1) is 0 Å². The highest BCUT2D eigenvalue weighted by molar-refractivity contribution is 5.90. The van der Waals surface area contributed by atoms with Crippen LogP contribution in [0.1, 0.15) is 11.3 Å². The van der Waals surface area contributed by atoms with Gasteiger partial charge in [-0.1, -0.05) is 48.5 Å². The summed E-state index contributed by atoms with van der Waals surface area (Å²) >= 11 is 0. The summed E-state index contributed by atoms with van der Waals surface area (Å²) in [5.74, 6) is 1.41. The van der Waals surface area contributed by atoms with Crippen molar-refractivity contribution in [3.8, 4) is 0 Å². The van der Waals surface area contributed by atoms with Crippen molar-refractivity contribution in [2.45, 2.75) is 13.1 Å². The second-order valence-corrected chi connectivity index (χ2v) is 5.93. The second-order valence-electron chi connectivity index (χ2n) is 5.93. The Morgan fingerprint density at radius 3 is 2.30 bits per heavy atom. The number of nitrogens with zero attached hydrogens (tertiary/aromatic N) is 3. The maximum Gasteiger partial charge on any atom is 0.225 e. The molecule has 6 heteroatoms. The molecule has 0 unspecified atom stereocenters. The molecule has 0 saturated heterocycles. The summed E-state index contributed by atoms with van der Waals surface area (Å²) in [7, 11) is 0. The molecule has 0 saturated carbocycles. The first kappa shape index (κ1) is 18.6. The highest BCUT2D eigenvalue weighted by atomic mass is 35.5. The topological polar surface area (TPSA) is 62.7 Å². The lowest BCUT2D eigenvalue weighted by molar-refractivity contribution is 1.01. The minimum atomic E-state index is 0. The molecule has 0 atom stereocenters. The smallest absolute Gasteiger partial charge is 0.225 e. The molecule has 4 aromatic rings. The molecule has 0 fully saturated rings. The number of rotatable bonds is 6. The van der Waals surface area contributed by atoms with Crippen LogP contribution in [0.15, 0.2) is 79.0 Å². The predicted octanol–water partition coefficient (Wildman–Crippen LogP) is 4.67. The Labute approximate surface area is 164 Å². The molecule has 0 aliphatic heterocycles. The van der Waals surface area contributed by atoms with Crippen molar-refractivity contribution < 1.29 is 0 Å². The van der Waals surface area contributed by atoms with Gasteiger partial charge in [-0.2, -0.15) is 4.98 Å². The molecule has 0 radical (unpaired) electrons. The summed E-state index contributed by atoms with van der Waals surface area (Å²) < 4.78 is 0. The molecule has 0 aliphatic rings. The number of anilines is 2. The number of halogens is 1. The molecule has 0 amide bonds. The molecular formula is C21H20ClN5. The fraction of sp³-hybridized carbons (Fsp3) is 0.0952. The van der Waals surface area contributed by atoms with Gasteiger partial charge >= 0.3 is 0 Å². The van der Waals surface area contributed by atoms with E-state index in [0.717, 1.165) is 22.4 Å². The largest absolute Gasteiger partial charge is 0.365 e. The van der Waals surface area contributed by atoms with E-state index in [4.69, 9.17) is 0 Å². The zero-order valence-corrected chi connectivity index (χ0v) is 15.5. The number of nitrogens with one attached hydrogen (secondary N) is 2. The molecule has 4 rings (SSSR count). The van der Waals surface area contributed by atoms with E-state index in [1.165, 1.54) is 5.56 Å². The SMILES string of the molecule is Cl.c1ccc(CNc2nc(NCc3ccccn3)nc3ccccc23)cc1. The maximum absolute atomic E-state index is 4.67. The van der Waals surface area contributed by atoms with Gasteiger partial charge in [0.1, 0.15) is 5.82 Å². The number of aromatic nitrogens is 3. The minimum absolute atomic E-state index is 0. The molecule has 0 spiro atoms. The second kappa shape index (κ2) is 8.96. The fourth-order valence-electron chi connectivity index (χ4n) is 2.74. The van der Waals surface area contributed by atoms with E-state index in [1.807, 2.05) is 60.7 Å². The lowest BCUT2D eigenvalue weighted by Crippen LogP contribution is -2.08. The third kappa shape index (κ3) is 4.71. The van der Waals surface area contributed by atoms with Gasteiger partial charge in [-0.3, -0.25) is 4.98 Å². The van der Waals surface area contributed by atoms with Crippen molar-refractivity contribution >= 4 is 35.1 Å². The van der Waals surface area contributed by atoms with Crippen LogP contribution in [-0.4, -0.2) is 15.0 Å².